The molecule has 0 aromatic carbocycles. The van der Waals surface area contributed by atoms with Gasteiger partial charge >= 0.3 is 0 Å². The van der Waals surface area contributed by atoms with E-state index < -0.39 is 0 Å². The molecule has 2 aromatic rings. The summed E-state index contributed by atoms with van der Waals surface area (Å²) < 4.78 is 7.15. The average Bonchev–Trinajstić information content (AvgIpc) is 3.27. The first-order valence-corrected chi connectivity index (χ1v) is 8.64. The zero-order valence-electron chi connectivity index (χ0n) is 13.5. The number of likely N-dealkylation sites (tertiary alicyclic amines) is 1. The van der Waals surface area contributed by atoms with E-state index in [1.165, 1.54) is 12.8 Å². The molecule has 0 saturated carbocycles. The molecule has 0 unspecified atom stereocenters. The summed E-state index contributed by atoms with van der Waals surface area (Å²) in [6.07, 6.45) is 5.93. The van der Waals surface area contributed by atoms with Crippen LogP contribution in [0.4, 0.5) is 0 Å². The molecule has 8 heteroatoms. The Bertz CT molecular complexity index is 771. The van der Waals surface area contributed by atoms with Gasteiger partial charge in [-0.3, -0.25) is 9.69 Å². The van der Waals surface area contributed by atoms with E-state index in [0.717, 1.165) is 18.7 Å². The number of halogens is 1. The average molecular weight is 350 g/mol. The van der Waals surface area contributed by atoms with Gasteiger partial charge in [-0.15, -0.1) is 0 Å². The van der Waals surface area contributed by atoms with Gasteiger partial charge in [0.2, 0.25) is 0 Å². The molecule has 2 aliphatic heterocycles. The van der Waals surface area contributed by atoms with Gasteiger partial charge in [-0.1, -0.05) is 11.6 Å². The van der Waals surface area contributed by atoms with Crippen LogP contribution in [0.3, 0.4) is 0 Å². The Hall–Kier alpha value is -1.70. The Morgan fingerprint density at radius 1 is 1.38 bits per heavy atom. The number of fused-ring (bicyclic) bond motifs is 1. The van der Waals surface area contributed by atoms with E-state index in [9.17, 15) is 4.79 Å². The summed E-state index contributed by atoms with van der Waals surface area (Å²) in [7, 11) is 0. The third-order valence-electron chi connectivity index (χ3n) is 4.74. The fourth-order valence-electron chi connectivity index (χ4n) is 3.50. The number of amides is 1. The van der Waals surface area contributed by atoms with Crippen LogP contribution in [0.2, 0.25) is 5.02 Å². The number of aromatic nitrogens is 3. The van der Waals surface area contributed by atoms with Crippen molar-refractivity contribution in [2.45, 2.75) is 31.8 Å². The molecule has 24 heavy (non-hydrogen) atoms. The van der Waals surface area contributed by atoms with Gasteiger partial charge in [-0.05, 0) is 38.4 Å². The Kier molecular flexibility index (Phi) is 4.15. The Morgan fingerprint density at radius 2 is 2.17 bits per heavy atom. The summed E-state index contributed by atoms with van der Waals surface area (Å²) >= 11 is 6.30. The fraction of sp³-hybridized carbons (Fsp3) is 0.562. The van der Waals surface area contributed by atoms with Crippen molar-refractivity contribution in [3.05, 3.63) is 28.7 Å². The monoisotopic (exact) mass is 349 g/mol. The number of carbonyl (C=O) groups excluding carboxylic acids is 1. The number of rotatable bonds is 3. The van der Waals surface area contributed by atoms with Gasteiger partial charge in [0.25, 0.3) is 5.91 Å². The van der Waals surface area contributed by atoms with Gasteiger partial charge in [0.15, 0.2) is 11.3 Å². The Morgan fingerprint density at radius 3 is 2.96 bits per heavy atom. The van der Waals surface area contributed by atoms with E-state index in [2.05, 4.69) is 20.3 Å². The van der Waals surface area contributed by atoms with Crippen molar-refractivity contribution in [1.29, 1.82) is 0 Å². The summed E-state index contributed by atoms with van der Waals surface area (Å²) in [6, 6.07) is 0.193. The molecule has 0 radical (unpaired) electrons. The SMILES string of the molecule is Cc1cnc2c(Cl)c(C(=O)N[C@H]3COC[C@@H]3N3CCCC3)nn2c1. The molecule has 4 rings (SSSR count). The molecule has 1 N–H and O–H groups in total. The van der Waals surface area contributed by atoms with Crippen molar-refractivity contribution < 1.29 is 9.53 Å². The lowest BCUT2D eigenvalue weighted by atomic mass is 10.1. The quantitative estimate of drug-likeness (QED) is 0.904. The van der Waals surface area contributed by atoms with Gasteiger partial charge in [-0.2, -0.15) is 5.10 Å². The zero-order valence-corrected chi connectivity index (χ0v) is 14.3. The molecule has 1 amide bonds. The normalized spacial score (nSPS) is 24.8. The number of ether oxygens (including phenoxy) is 1. The highest BCUT2D eigenvalue weighted by Gasteiger charge is 2.36. The Balaban J connectivity index is 1.54. The molecule has 4 heterocycles. The molecule has 128 valence electrons. The van der Waals surface area contributed by atoms with Crippen molar-refractivity contribution >= 4 is 23.2 Å². The van der Waals surface area contributed by atoms with Crippen molar-refractivity contribution in [2.75, 3.05) is 26.3 Å². The highest BCUT2D eigenvalue weighted by Crippen LogP contribution is 2.22. The molecule has 2 aliphatic rings. The molecule has 7 nitrogen and oxygen atoms in total. The van der Waals surface area contributed by atoms with Gasteiger partial charge < -0.3 is 10.1 Å². The van der Waals surface area contributed by atoms with Gasteiger partial charge in [0, 0.05) is 12.4 Å². The molecule has 2 atom stereocenters. The Labute approximate surface area is 144 Å². The number of carbonyl (C=O) groups is 1. The van der Waals surface area contributed by atoms with Crippen LogP contribution in [0.25, 0.3) is 5.65 Å². The lowest BCUT2D eigenvalue weighted by molar-refractivity contribution is 0.0911. The van der Waals surface area contributed by atoms with Gasteiger partial charge in [0.05, 0.1) is 25.3 Å². The predicted octanol–water partition coefficient (Wildman–Crippen LogP) is 1.28. The van der Waals surface area contributed by atoms with E-state index >= 15 is 0 Å². The van der Waals surface area contributed by atoms with Crippen LogP contribution in [0.5, 0.6) is 0 Å². The molecular formula is C16H20ClN5O2. The predicted molar refractivity (Wildman–Crippen MR) is 89.4 cm³/mol. The maximum Gasteiger partial charge on any atom is 0.273 e. The first-order chi connectivity index (χ1) is 11.6. The number of hydrogen-bond donors (Lipinski definition) is 1. The third kappa shape index (κ3) is 2.76. The lowest BCUT2D eigenvalue weighted by Gasteiger charge is -2.27. The fourth-order valence-corrected chi connectivity index (χ4v) is 3.76. The van der Waals surface area contributed by atoms with Crippen LogP contribution in [0, 0.1) is 6.92 Å². The molecule has 2 saturated heterocycles. The first-order valence-electron chi connectivity index (χ1n) is 8.26. The molecule has 0 spiro atoms. The molecule has 2 aromatic heterocycles. The van der Waals surface area contributed by atoms with Crippen LogP contribution >= 0.6 is 11.6 Å². The van der Waals surface area contributed by atoms with E-state index in [1.807, 2.05) is 6.92 Å². The second-order valence-electron chi connectivity index (χ2n) is 6.49. The van der Waals surface area contributed by atoms with Crippen LogP contribution in [-0.4, -0.2) is 63.8 Å². The first kappa shape index (κ1) is 15.8. The van der Waals surface area contributed by atoms with Crippen LogP contribution in [0.15, 0.2) is 12.4 Å². The van der Waals surface area contributed by atoms with Crippen molar-refractivity contribution in [3.63, 3.8) is 0 Å². The van der Waals surface area contributed by atoms with E-state index in [0.29, 0.717) is 18.9 Å². The summed E-state index contributed by atoms with van der Waals surface area (Å²) in [4.78, 5) is 19.3. The van der Waals surface area contributed by atoms with Gasteiger partial charge in [-0.25, -0.2) is 9.50 Å². The minimum Gasteiger partial charge on any atom is -0.378 e. The third-order valence-corrected chi connectivity index (χ3v) is 5.09. The zero-order chi connectivity index (χ0) is 16.7. The molecular weight excluding hydrogens is 330 g/mol. The van der Waals surface area contributed by atoms with Gasteiger partial charge in [0.1, 0.15) is 5.02 Å². The second-order valence-corrected chi connectivity index (χ2v) is 6.87. The second kappa shape index (κ2) is 6.31. The summed E-state index contributed by atoms with van der Waals surface area (Å²) in [6.45, 7) is 5.23. The molecule has 2 fully saturated rings. The largest absolute Gasteiger partial charge is 0.378 e. The lowest BCUT2D eigenvalue weighted by Crippen LogP contribution is -2.50. The number of nitrogens with zero attached hydrogens (tertiary/aromatic N) is 4. The van der Waals surface area contributed by atoms with Crippen molar-refractivity contribution in [2.24, 2.45) is 0 Å². The standard InChI is InChI=1S/C16H20ClN5O2/c1-10-6-18-15-13(17)14(20-22(15)7-10)16(23)19-11-8-24-9-12(11)21-4-2-3-5-21/h6-7,11-12H,2-5,8-9H2,1H3,(H,19,23)/t11-,12-/m0/s1. The maximum absolute atomic E-state index is 12.7. The number of nitrogens with one attached hydrogen (secondary N) is 1. The van der Waals surface area contributed by atoms with E-state index in [4.69, 9.17) is 16.3 Å². The topological polar surface area (TPSA) is 71.8 Å². The minimum absolute atomic E-state index is 0.0359. The van der Waals surface area contributed by atoms with E-state index in [-0.39, 0.29) is 28.7 Å². The highest BCUT2D eigenvalue weighted by atomic mass is 35.5. The highest BCUT2D eigenvalue weighted by molar-refractivity contribution is 6.36. The van der Waals surface area contributed by atoms with Crippen LogP contribution in [0.1, 0.15) is 28.9 Å². The number of aryl methyl sites for hydroxylation is 1. The summed E-state index contributed by atoms with van der Waals surface area (Å²) in [5, 5.41) is 7.62. The smallest absolute Gasteiger partial charge is 0.273 e. The number of hydrogen-bond acceptors (Lipinski definition) is 5. The molecule has 0 bridgehead atoms. The summed E-state index contributed by atoms with van der Waals surface area (Å²) in [5.74, 6) is -0.275. The summed E-state index contributed by atoms with van der Waals surface area (Å²) in [5.41, 5.74) is 1.65. The maximum atomic E-state index is 12.7. The van der Waals surface area contributed by atoms with Crippen molar-refractivity contribution in [1.82, 2.24) is 24.8 Å². The van der Waals surface area contributed by atoms with Crippen LogP contribution < -0.4 is 5.32 Å². The molecule has 0 aliphatic carbocycles. The minimum atomic E-state index is -0.275. The van der Waals surface area contributed by atoms with Crippen LogP contribution in [-0.2, 0) is 4.74 Å². The van der Waals surface area contributed by atoms with E-state index in [1.54, 1.807) is 16.9 Å². The van der Waals surface area contributed by atoms with Crippen molar-refractivity contribution in [3.8, 4) is 0 Å².